The van der Waals surface area contributed by atoms with Crippen LogP contribution in [-0.4, -0.2) is 49.2 Å². The number of ether oxygens (including phenoxy) is 1. The van der Waals surface area contributed by atoms with Crippen molar-refractivity contribution in [3.05, 3.63) is 0 Å². The molecule has 0 aromatic heterocycles. The van der Waals surface area contributed by atoms with E-state index in [1.807, 2.05) is 4.90 Å². The minimum absolute atomic E-state index is 0.203. The lowest BCUT2D eigenvalue weighted by Gasteiger charge is -2.32. The third kappa shape index (κ3) is 4.45. The second-order valence-electron chi connectivity index (χ2n) is 6.36. The molecule has 2 fully saturated rings. The van der Waals surface area contributed by atoms with Crippen molar-refractivity contribution in [1.82, 2.24) is 10.2 Å². The van der Waals surface area contributed by atoms with Crippen LogP contribution in [0.25, 0.3) is 0 Å². The fraction of sp³-hybridized carbons (Fsp3) is 0.938. The quantitative estimate of drug-likeness (QED) is 0.859. The van der Waals surface area contributed by atoms with Gasteiger partial charge in [-0.05, 0) is 38.1 Å². The van der Waals surface area contributed by atoms with E-state index >= 15 is 0 Å². The molecule has 1 aliphatic heterocycles. The van der Waals surface area contributed by atoms with E-state index in [4.69, 9.17) is 4.74 Å². The third-order valence-corrected chi connectivity index (χ3v) is 4.54. The Morgan fingerprint density at radius 1 is 1.30 bits per heavy atom. The highest BCUT2D eigenvalue weighted by Gasteiger charge is 2.28. The van der Waals surface area contributed by atoms with Gasteiger partial charge in [-0.25, -0.2) is 0 Å². The van der Waals surface area contributed by atoms with Gasteiger partial charge in [0.05, 0.1) is 6.10 Å². The van der Waals surface area contributed by atoms with Crippen LogP contribution in [0.5, 0.6) is 0 Å². The number of nitrogens with zero attached hydrogens (tertiary/aromatic N) is 1. The van der Waals surface area contributed by atoms with E-state index in [0.717, 1.165) is 57.8 Å². The van der Waals surface area contributed by atoms with Crippen molar-refractivity contribution in [2.75, 3.05) is 26.2 Å². The summed E-state index contributed by atoms with van der Waals surface area (Å²) in [7, 11) is 0. The first kappa shape index (κ1) is 15.8. The van der Waals surface area contributed by atoms with Crippen LogP contribution in [-0.2, 0) is 9.53 Å². The molecule has 4 nitrogen and oxygen atoms in total. The van der Waals surface area contributed by atoms with Gasteiger partial charge in [-0.2, -0.15) is 0 Å². The van der Waals surface area contributed by atoms with Gasteiger partial charge in [0.2, 0.25) is 0 Å². The number of hydrogen-bond acceptors (Lipinski definition) is 3. The van der Waals surface area contributed by atoms with Crippen LogP contribution in [0.2, 0.25) is 0 Å². The molecule has 1 N–H and O–H groups in total. The first-order valence-electron chi connectivity index (χ1n) is 8.35. The van der Waals surface area contributed by atoms with Crippen LogP contribution in [0.15, 0.2) is 0 Å². The van der Waals surface area contributed by atoms with Crippen LogP contribution in [0.3, 0.4) is 0 Å². The predicted molar refractivity (Wildman–Crippen MR) is 80.7 cm³/mol. The number of carbonyl (C=O) groups excluding carboxylic acids is 1. The SMILES string of the molecule is CCC(OC1CCCC(C)C1)C(=O)N1CCCNCC1. The predicted octanol–water partition coefficient (Wildman–Crippen LogP) is 2.18. The molecular formula is C16H30N2O2. The van der Waals surface area contributed by atoms with Gasteiger partial charge in [0.15, 0.2) is 0 Å². The van der Waals surface area contributed by atoms with E-state index in [-0.39, 0.29) is 18.1 Å². The van der Waals surface area contributed by atoms with Crippen LogP contribution >= 0.6 is 0 Å². The molecule has 1 saturated heterocycles. The van der Waals surface area contributed by atoms with Crippen molar-refractivity contribution >= 4 is 5.91 Å². The molecule has 0 aromatic rings. The zero-order valence-corrected chi connectivity index (χ0v) is 13.1. The van der Waals surface area contributed by atoms with Crippen molar-refractivity contribution in [2.24, 2.45) is 5.92 Å². The summed E-state index contributed by atoms with van der Waals surface area (Å²) in [6.45, 7) is 7.96. The van der Waals surface area contributed by atoms with Gasteiger partial charge in [0.1, 0.15) is 6.10 Å². The Balaban J connectivity index is 1.87. The monoisotopic (exact) mass is 282 g/mol. The van der Waals surface area contributed by atoms with Crippen molar-refractivity contribution in [1.29, 1.82) is 0 Å². The Labute approximate surface area is 123 Å². The summed E-state index contributed by atoms with van der Waals surface area (Å²) >= 11 is 0. The van der Waals surface area contributed by atoms with E-state index in [0.29, 0.717) is 0 Å². The summed E-state index contributed by atoms with van der Waals surface area (Å²) in [6, 6.07) is 0. The molecule has 0 spiro atoms. The Morgan fingerprint density at radius 2 is 2.15 bits per heavy atom. The Kier molecular flexibility index (Phi) is 6.30. The summed E-state index contributed by atoms with van der Waals surface area (Å²) in [5.74, 6) is 0.943. The zero-order chi connectivity index (χ0) is 14.4. The molecule has 1 amide bonds. The van der Waals surface area contributed by atoms with E-state index in [2.05, 4.69) is 19.2 Å². The van der Waals surface area contributed by atoms with Gasteiger partial charge in [-0.3, -0.25) is 4.79 Å². The van der Waals surface area contributed by atoms with Gasteiger partial charge in [0.25, 0.3) is 5.91 Å². The molecular weight excluding hydrogens is 252 g/mol. The summed E-state index contributed by atoms with van der Waals surface area (Å²) in [5, 5.41) is 3.34. The molecule has 2 aliphatic rings. The molecule has 1 saturated carbocycles. The van der Waals surface area contributed by atoms with Gasteiger partial charge in [0, 0.05) is 19.6 Å². The molecule has 0 radical (unpaired) electrons. The Bertz CT molecular complexity index is 301. The number of nitrogens with one attached hydrogen (secondary N) is 1. The highest BCUT2D eigenvalue weighted by Crippen LogP contribution is 2.27. The summed E-state index contributed by atoms with van der Waals surface area (Å²) in [4.78, 5) is 14.6. The molecule has 20 heavy (non-hydrogen) atoms. The molecule has 116 valence electrons. The summed E-state index contributed by atoms with van der Waals surface area (Å²) in [6.07, 6.45) is 6.67. The van der Waals surface area contributed by atoms with Gasteiger partial charge < -0.3 is 15.0 Å². The molecule has 3 unspecified atom stereocenters. The topological polar surface area (TPSA) is 41.6 Å². The number of amides is 1. The van der Waals surface area contributed by atoms with Crippen LogP contribution in [0.1, 0.15) is 52.4 Å². The summed E-state index contributed by atoms with van der Waals surface area (Å²) in [5.41, 5.74) is 0. The van der Waals surface area contributed by atoms with Crippen molar-refractivity contribution in [3.8, 4) is 0 Å². The highest BCUT2D eigenvalue weighted by atomic mass is 16.5. The first-order valence-corrected chi connectivity index (χ1v) is 8.35. The minimum Gasteiger partial charge on any atom is -0.365 e. The smallest absolute Gasteiger partial charge is 0.251 e. The average molecular weight is 282 g/mol. The molecule has 1 heterocycles. The Hall–Kier alpha value is -0.610. The van der Waals surface area contributed by atoms with Gasteiger partial charge >= 0.3 is 0 Å². The summed E-state index contributed by atoms with van der Waals surface area (Å²) < 4.78 is 6.16. The van der Waals surface area contributed by atoms with Crippen molar-refractivity contribution in [2.45, 2.75) is 64.6 Å². The molecule has 0 bridgehead atoms. The van der Waals surface area contributed by atoms with E-state index in [9.17, 15) is 4.79 Å². The highest BCUT2D eigenvalue weighted by molar-refractivity contribution is 5.81. The lowest BCUT2D eigenvalue weighted by molar-refractivity contribution is -0.149. The fourth-order valence-electron chi connectivity index (χ4n) is 3.33. The number of rotatable bonds is 4. The molecule has 3 atom stereocenters. The lowest BCUT2D eigenvalue weighted by Crippen LogP contribution is -2.43. The van der Waals surface area contributed by atoms with E-state index < -0.39 is 0 Å². The third-order valence-electron chi connectivity index (χ3n) is 4.54. The standard InChI is InChI=1S/C16H30N2O2/c1-3-15(20-14-7-4-6-13(2)12-14)16(19)18-10-5-8-17-9-11-18/h13-15,17H,3-12H2,1-2H3. The molecule has 4 heteroatoms. The number of hydrogen-bond donors (Lipinski definition) is 1. The molecule has 2 rings (SSSR count). The lowest BCUT2D eigenvalue weighted by atomic mass is 9.88. The maximum absolute atomic E-state index is 12.6. The second kappa shape index (κ2) is 7.99. The fourth-order valence-corrected chi connectivity index (χ4v) is 3.33. The van der Waals surface area contributed by atoms with Crippen LogP contribution < -0.4 is 5.32 Å². The molecule has 0 aromatic carbocycles. The molecule has 1 aliphatic carbocycles. The van der Waals surface area contributed by atoms with Gasteiger partial charge in [-0.1, -0.05) is 26.7 Å². The maximum atomic E-state index is 12.6. The van der Waals surface area contributed by atoms with Gasteiger partial charge in [-0.15, -0.1) is 0 Å². The normalized spacial score (nSPS) is 29.8. The van der Waals surface area contributed by atoms with E-state index in [1.54, 1.807) is 0 Å². The zero-order valence-electron chi connectivity index (χ0n) is 13.1. The Morgan fingerprint density at radius 3 is 2.90 bits per heavy atom. The largest absolute Gasteiger partial charge is 0.365 e. The van der Waals surface area contributed by atoms with Crippen LogP contribution in [0, 0.1) is 5.92 Å². The van der Waals surface area contributed by atoms with Crippen molar-refractivity contribution < 1.29 is 9.53 Å². The van der Waals surface area contributed by atoms with Crippen LogP contribution in [0.4, 0.5) is 0 Å². The van der Waals surface area contributed by atoms with Crippen molar-refractivity contribution in [3.63, 3.8) is 0 Å². The second-order valence-corrected chi connectivity index (χ2v) is 6.36. The van der Waals surface area contributed by atoms with E-state index in [1.165, 1.54) is 12.8 Å². The average Bonchev–Trinajstić information content (AvgIpc) is 2.73. The maximum Gasteiger partial charge on any atom is 0.251 e. The minimum atomic E-state index is -0.233. The first-order chi connectivity index (χ1) is 9.70. The number of carbonyl (C=O) groups is 1.